The third kappa shape index (κ3) is 4.99. The van der Waals surface area contributed by atoms with Gasteiger partial charge in [0.25, 0.3) is 0 Å². The zero-order valence-corrected chi connectivity index (χ0v) is 14.5. The molecule has 1 aromatic carbocycles. The zero-order chi connectivity index (χ0) is 15.9. The van der Waals surface area contributed by atoms with E-state index in [1.807, 2.05) is 13.0 Å². The fourth-order valence-corrected chi connectivity index (χ4v) is 3.19. The maximum Gasteiger partial charge on any atom is 0.227 e. The van der Waals surface area contributed by atoms with Crippen LogP contribution in [0, 0.1) is 5.92 Å². The number of carbonyl (C=O) groups is 1. The predicted octanol–water partition coefficient (Wildman–Crippen LogP) is 4.41. The van der Waals surface area contributed by atoms with Crippen LogP contribution in [0.5, 0.6) is 0 Å². The fourth-order valence-electron chi connectivity index (χ4n) is 2.48. The minimum atomic E-state index is -0.101. The first-order chi connectivity index (χ1) is 10.6. The second kappa shape index (κ2) is 8.14. The maximum atomic E-state index is 12.2. The number of thiophene rings is 1. The molecule has 0 spiro atoms. The number of carbonyl (C=O) groups excluding carboxylic acids is 1. The van der Waals surface area contributed by atoms with Crippen LogP contribution in [0.3, 0.4) is 0 Å². The quantitative estimate of drug-likeness (QED) is 0.805. The Morgan fingerprint density at radius 2 is 1.86 bits per heavy atom. The van der Waals surface area contributed by atoms with Gasteiger partial charge in [0.1, 0.15) is 0 Å². The molecule has 1 amide bonds. The van der Waals surface area contributed by atoms with Crippen molar-refractivity contribution in [3.8, 4) is 0 Å². The van der Waals surface area contributed by atoms with E-state index in [0.29, 0.717) is 12.5 Å². The lowest BCUT2D eigenvalue weighted by atomic mass is 9.96. The average Bonchev–Trinajstić information content (AvgIpc) is 3.00. The SMILES string of the molecule is CC(C)Cc1ccc([C@H](C)C(=O)NCCc2cccs2)cc1. The molecule has 22 heavy (non-hydrogen) atoms. The summed E-state index contributed by atoms with van der Waals surface area (Å²) in [7, 11) is 0. The zero-order valence-electron chi connectivity index (χ0n) is 13.6. The average molecular weight is 315 g/mol. The third-order valence-electron chi connectivity index (χ3n) is 3.77. The van der Waals surface area contributed by atoms with Gasteiger partial charge >= 0.3 is 0 Å². The first kappa shape index (κ1) is 16.8. The molecule has 3 heteroatoms. The molecule has 0 bridgehead atoms. The minimum Gasteiger partial charge on any atom is -0.355 e. The van der Waals surface area contributed by atoms with E-state index < -0.39 is 0 Å². The van der Waals surface area contributed by atoms with Crippen molar-refractivity contribution in [3.05, 3.63) is 57.8 Å². The number of rotatable bonds is 7. The van der Waals surface area contributed by atoms with E-state index in [4.69, 9.17) is 0 Å². The van der Waals surface area contributed by atoms with Gasteiger partial charge in [-0.05, 0) is 48.3 Å². The molecular weight excluding hydrogens is 290 g/mol. The van der Waals surface area contributed by atoms with Crippen molar-refractivity contribution in [2.75, 3.05) is 6.54 Å². The molecule has 1 N–H and O–H groups in total. The molecule has 2 aromatic rings. The lowest BCUT2D eigenvalue weighted by Gasteiger charge is -2.13. The highest BCUT2D eigenvalue weighted by Gasteiger charge is 2.14. The first-order valence-corrected chi connectivity index (χ1v) is 8.83. The van der Waals surface area contributed by atoms with E-state index in [-0.39, 0.29) is 11.8 Å². The summed E-state index contributed by atoms with van der Waals surface area (Å²) in [6.45, 7) is 7.11. The fraction of sp³-hybridized carbons (Fsp3) is 0.421. The van der Waals surface area contributed by atoms with Gasteiger partial charge in [0.05, 0.1) is 5.92 Å². The summed E-state index contributed by atoms with van der Waals surface area (Å²) < 4.78 is 0. The normalized spacial score (nSPS) is 12.4. The van der Waals surface area contributed by atoms with Gasteiger partial charge in [0.2, 0.25) is 5.91 Å². The Labute approximate surface area is 137 Å². The van der Waals surface area contributed by atoms with Crippen LogP contribution in [0.25, 0.3) is 0 Å². The van der Waals surface area contributed by atoms with Crippen LogP contribution >= 0.6 is 11.3 Å². The second-order valence-electron chi connectivity index (χ2n) is 6.18. The molecule has 2 nitrogen and oxygen atoms in total. The van der Waals surface area contributed by atoms with Crippen molar-refractivity contribution < 1.29 is 4.79 Å². The molecule has 2 rings (SSSR count). The lowest BCUT2D eigenvalue weighted by molar-refractivity contribution is -0.122. The molecule has 0 aliphatic carbocycles. The van der Waals surface area contributed by atoms with E-state index in [9.17, 15) is 4.79 Å². The topological polar surface area (TPSA) is 29.1 Å². The molecule has 118 valence electrons. The first-order valence-electron chi connectivity index (χ1n) is 7.95. The van der Waals surface area contributed by atoms with Gasteiger partial charge in [-0.1, -0.05) is 44.2 Å². The number of hydrogen-bond donors (Lipinski definition) is 1. The highest BCUT2D eigenvalue weighted by atomic mass is 32.1. The molecule has 0 radical (unpaired) electrons. The summed E-state index contributed by atoms with van der Waals surface area (Å²) in [4.78, 5) is 13.5. The van der Waals surface area contributed by atoms with Gasteiger partial charge in [-0.3, -0.25) is 4.79 Å². The van der Waals surface area contributed by atoms with E-state index in [2.05, 4.69) is 54.9 Å². The monoisotopic (exact) mass is 315 g/mol. The van der Waals surface area contributed by atoms with Crippen LogP contribution in [-0.4, -0.2) is 12.5 Å². The van der Waals surface area contributed by atoms with Crippen molar-refractivity contribution in [3.63, 3.8) is 0 Å². The lowest BCUT2D eigenvalue weighted by Crippen LogP contribution is -2.29. The van der Waals surface area contributed by atoms with Crippen molar-refractivity contribution in [1.29, 1.82) is 0 Å². The molecule has 0 saturated carbocycles. The Morgan fingerprint density at radius 3 is 2.45 bits per heavy atom. The number of hydrogen-bond acceptors (Lipinski definition) is 2. The Bertz CT molecular complexity index is 572. The van der Waals surface area contributed by atoms with Crippen LogP contribution in [0.4, 0.5) is 0 Å². The highest BCUT2D eigenvalue weighted by molar-refractivity contribution is 7.09. The van der Waals surface area contributed by atoms with Gasteiger partial charge in [0, 0.05) is 11.4 Å². The molecule has 1 heterocycles. The largest absolute Gasteiger partial charge is 0.355 e. The molecule has 0 fully saturated rings. The number of nitrogens with one attached hydrogen (secondary N) is 1. The second-order valence-corrected chi connectivity index (χ2v) is 7.21. The van der Waals surface area contributed by atoms with Crippen molar-refractivity contribution >= 4 is 17.2 Å². The summed E-state index contributed by atoms with van der Waals surface area (Å²) in [5.41, 5.74) is 2.42. The van der Waals surface area contributed by atoms with Crippen molar-refractivity contribution in [2.45, 2.75) is 39.5 Å². The highest BCUT2D eigenvalue weighted by Crippen LogP contribution is 2.18. The van der Waals surface area contributed by atoms with Crippen LogP contribution in [-0.2, 0) is 17.6 Å². The summed E-state index contributed by atoms with van der Waals surface area (Å²) in [6, 6.07) is 12.6. The van der Waals surface area contributed by atoms with E-state index in [1.54, 1.807) is 11.3 Å². The Kier molecular flexibility index (Phi) is 6.20. The molecule has 0 saturated heterocycles. The molecule has 0 unspecified atom stereocenters. The molecular formula is C19H25NOS. The summed E-state index contributed by atoms with van der Waals surface area (Å²) in [5.74, 6) is 0.661. The summed E-state index contributed by atoms with van der Waals surface area (Å²) in [5, 5.41) is 5.10. The van der Waals surface area contributed by atoms with Gasteiger partial charge in [0.15, 0.2) is 0 Å². The standard InChI is InChI=1S/C19H25NOS/c1-14(2)13-16-6-8-17(9-7-16)15(3)19(21)20-11-10-18-5-4-12-22-18/h4-9,12,14-15H,10-11,13H2,1-3H3,(H,20,21)/t15-/m0/s1. The van der Waals surface area contributed by atoms with Crippen LogP contribution in [0.1, 0.15) is 42.7 Å². The third-order valence-corrected chi connectivity index (χ3v) is 4.70. The molecule has 1 atom stereocenters. The van der Waals surface area contributed by atoms with Gasteiger partial charge < -0.3 is 5.32 Å². The van der Waals surface area contributed by atoms with Crippen LogP contribution < -0.4 is 5.32 Å². The van der Waals surface area contributed by atoms with Gasteiger partial charge in [-0.15, -0.1) is 11.3 Å². The van der Waals surface area contributed by atoms with Gasteiger partial charge in [-0.2, -0.15) is 0 Å². The van der Waals surface area contributed by atoms with Crippen molar-refractivity contribution in [2.24, 2.45) is 5.92 Å². The smallest absolute Gasteiger partial charge is 0.227 e. The Hall–Kier alpha value is -1.61. The van der Waals surface area contributed by atoms with E-state index in [0.717, 1.165) is 18.4 Å². The number of amides is 1. The van der Waals surface area contributed by atoms with E-state index in [1.165, 1.54) is 10.4 Å². The maximum absolute atomic E-state index is 12.2. The molecule has 1 aromatic heterocycles. The van der Waals surface area contributed by atoms with Crippen LogP contribution in [0.15, 0.2) is 41.8 Å². The Morgan fingerprint density at radius 1 is 1.14 bits per heavy atom. The molecule has 0 aliphatic rings. The van der Waals surface area contributed by atoms with Crippen molar-refractivity contribution in [1.82, 2.24) is 5.32 Å². The van der Waals surface area contributed by atoms with E-state index >= 15 is 0 Å². The minimum absolute atomic E-state index is 0.101. The predicted molar refractivity (Wildman–Crippen MR) is 94.4 cm³/mol. The summed E-state index contributed by atoms with van der Waals surface area (Å²) in [6.07, 6.45) is 1.99. The van der Waals surface area contributed by atoms with Gasteiger partial charge in [-0.25, -0.2) is 0 Å². The molecule has 0 aliphatic heterocycles. The summed E-state index contributed by atoms with van der Waals surface area (Å²) >= 11 is 1.73. The van der Waals surface area contributed by atoms with Crippen LogP contribution in [0.2, 0.25) is 0 Å². The Balaban J connectivity index is 1.84. The number of benzene rings is 1.